The van der Waals surface area contributed by atoms with Gasteiger partial charge in [0.05, 0.1) is 0 Å². The van der Waals surface area contributed by atoms with E-state index in [0.717, 1.165) is 17.1 Å². The van der Waals surface area contributed by atoms with E-state index in [-0.39, 0.29) is 0 Å². The average Bonchev–Trinajstić information content (AvgIpc) is 3.10. The van der Waals surface area contributed by atoms with Crippen molar-refractivity contribution < 1.29 is 0 Å². The first-order valence-corrected chi connectivity index (χ1v) is 14.7. The molecule has 1 nitrogen and oxygen atoms in total. The zero-order valence-corrected chi connectivity index (χ0v) is 23.8. The molecule has 0 amide bonds. The number of anilines is 3. The van der Waals surface area contributed by atoms with E-state index >= 15 is 0 Å². The van der Waals surface area contributed by atoms with Gasteiger partial charge in [-0.2, -0.15) is 0 Å². The second-order valence-electron chi connectivity index (χ2n) is 10.7. The van der Waals surface area contributed by atoms with Crippen LogP contribution >= 0.6 is 0 Å². The smallest absolute Gasteiger partial charge is 0.0462 e. The van der Waals surface area contributed by atoms with E-state index in [1.807, 2.05) is 0 Å². The maximum atomic E-state index is 2.29. The molecule has 0 spiro atoms. The van der Waals surface area contributed by atoms with Crippen molar-refractivity contribution in [1.82, 2.24) is 0 Å². The molecular formula is C42H31N. The Labute approximate surface area is 254 Å². The highest BCUT2D eigenvalue weighted by Crippen LogP contribution is 2.36. The maximum Gasteiger partial charge on any atom is 0.0462 e. The molecule has 0 heterocycles. The lowest BCUT2D eigenvalue weighted by Crippen LogP contribution is -2.09. The predicted molar refractivity (Wildman–Crippen MR) is 183 cm³/mol. The zero-order valence-electron chi connectivity index (χ0n) is 23.8. The third kappa shape index (κ3) is 5.75. The summed E-state index contributed by atoms with van der Waals surface area (Å²) in [5.74, 6) is 0. The minimum absolute atomic E-state index is 1.13. The van der Waals surface area contributed by atoms with Gasteiger partial charge >= 0.3 is 0 Å². The van der Waals surface area contributed by atoms with E-state index in [9.17, 15) is 0 Å². The Hall–Kier alpha value is -5.66. The van der Waals surface area contributed by atoms with Crippen LogP contribution in [0.3, 0.4) is 0 Å². The second kappa shape index (κ2) is 12.1. The van der Waals surface area contributed by atoms with Gasteiger partial charge in [0, 0.05) is 17.1 Å². The molecule has 0 saturated carbocycles. The summed E-state index contributed by atoms with van der Waals surface area (Å²) in [6.07, 6.45) is 0. The molecule has 0 N–H and O–H groups in total. The van der Waals surface area contributed by atoms with Crippen LogP contribution in [0.25, 0.3) is 44.5 Å². The second-order valence-corrected chi connectivity index (χ2v) is 10.7. The van der Waals surface area contributed by atoms with Gasteiger partial charge in [-0.3, -0.25) is 0 Å². The zero-order chi connectivity index (χ0) is 28.8. The molecule has 0 aromatic heterocycles. The van der Waals surface area contributed by atoms with Crippen LogP contribution < -0.4 is 4.90 Å². The molecule has 0 atom stereocenters. The van der Waals surface area contributed by atoms with Crippen LogP contribution in [0.5, 0.6) is 0 Å². The van der Waals surface area contributed by atoms with Crippen molar-refractivity contribution in [2.45, 2.75) is 0 Å². The minimum Gasteiger partial charge on any atom is -0.311 e. The standard InChI is InChI=1S/C42H31N/c1-4-10-32(11-5-1)33-16-18-34(19-17-33)35-20-22-36(23-21-35)37-24-26-38(27-25-37)39-28-30-42(31-29-39)43(40-12-6-2-7-13-40)41-14-8-3-9-15-41/h1-31H. The fraction of sp³-hybridized carbons (Fsp3) is 0. The minimum atomic E-state index is 1.13. The lowest BCUT2D eigenvalue weighted by Gasteiger charge is -2.25. The molecule has 7 rings (SSSR count). The number of para-hydroxylation sites is 2. The van der Waals surface area contributed by atoms with Crippen molar-refractivity contribution in [2.75, 3.05) is 4.90 Å². The lowest BCUT2D eigenvalue weighted by atomic mass is 9.97. The molecule has 0 fully saturated rings. The molecule has 7 aromatic rings. The number of rotatable bonds is 7. The molecule has 0 aliphatic rings. The Bertz CT molecular complexity index is 1850. The summed E-state index contributed by atoms with van der Waals surface area (Å²) in [5.41, 5.74) is 13.2. The lowest BCUT2D eigenvalue weighted by molar-refractivity contribution is 1.28. The molecule has 204 valence electrons. The molecule has 43 heavy (non-hydrogen) atoms. The third-order valence-corrected chi connectivity index (χ3v) is 7.92. The summed E-state index contributed by atoms with van der Waals surface area (Å²) in [6.45, 7) is 0. The van der Waals surface area contributed by atoms with Crippen LogP contribution in [0.2, 0.25) is 0 Å². The Morgan fingerprint density at radius 2 is 0.395 bits per heavy atom. The topological polar surface area (TPSA) is 3.24 Å². The molecule has 1 heteroatoms. The summed E-state index contributed by atoms with van der Waals surface area (Å²) >= 11 is 0. The summed E-state index contributed by atoms with van der Waals surface area (Å²) in [6, 6.07) is 66.9. The average molecular weight is 550 g/mol. The van der Waals surface area contributed by atoms with Gasteiger partial charge in [-0.1, -0.05) is 152 Å². The van der Waals surface area contributed by atoms with Crippen molar-refractivity contribution >= 4 is 17.1 Å². The van der Waals surface area contributed by atoms with Crippen LogP contribution in [0.4, 0.5) is 17.1 Å². The monoisotopic (exact) mass is 549 g/mol. The third-order valence-electron chi connectivity index (χ3n) is 7.92. The highest BCUT2D eigenvalue weighted by atomic mass is 15.1. The van der Waals surface area contributed by atoms with E-state index in [1.54, 1.807) is 0 Å². The van der Waals surface area contributed by atoms with Crippen molar-refractivity contribution in [3.63, 3.8) is 0 Å². The van der Waals surface area contributed by atoms with Gasteiger partial charge in [0.2, 0.25) is 0 Å². The van der Waals surface area contributed by atoms with Crippen molar-refractivity contribution in [3.8, 4) is 44.5 Å². The van der Waals surface area contributed by atoms with Crippen molar-refractivity contribution in [2.24, 2.45) is 0 Å². The summed E-state index contributed by atoms with van der Waals surface area (Å²) < 4.78 is 0. The van der Waals surface area contributed by atoms with Crippen LogP contribution in [-0.4, -0.2) is 0 Å². The number of nitrogens with zero attached hydrogens (tertiary/aromatic N) is 1. The first-order chi connectivity index (χ1) is 21.3. The van der Waals surface area contributed by atoms with E-state index in [2.05, 4.69) is 193 Å². The van der Waals surface area contributed by atoms with E-state index in [0.29, 0.717) is 0 Å². The molecule has 0 saturated heterocycles. The fourth-order valence-electron chi connectivity index (χ4n) is 5.60. The van der Waals surface area contributed by atoms with Crippen LogP contribution in [0, 0.1) is 0 Å². The molecule has 0 aliphatic heterocycles. The molecule has 7 aromatic carbocycles. The van der Waals surface area contributed by atoms with Gasteiger partial charge in [0.1, 0.15) is 0 Å². The van der Waals surface area contributed by atoms with Crippen LogP contribution in [-0.2, 0) is 0 Å². The summed E-state index contributed by atoms with van der Waals surface area (Å²) in [4.78, 5) is 2.29. The quantitative estimate of drug-likeness (QED) is 0.191. The Balaban J connectivity index is 1.08. The van der Waals surface area contributed by atoms with Gasteiger partial charge in [-0.05, 0) is 80.9 Å². The van der Waals surface area contributed by atoms with Gasteiger partial charge < -0.3 is 4.90 Å². The van der Waals surface area contributed by atoms with Crippen LogP contribution in [0.15, 0.2) is 188 Å². The largest absolute Gasteiger partial charge is 0.311 e. The van der Waals surface area contributed by atoms with E-state index < -0.39 is 0 Å². The summed E-state index contributed by atoms with van der Waals surface area (Å²) in [7, 11) is 0. The summed E-state index contributed by atoms with van der Waals surface area (Å²) in [5, 5.41) is 0. The van der Waals surface area contributed by atoms with Crippen molar-refractivity contribution in [3.05, 3.63) is 188 Å². The number of benzene rings is 7. The Kier molecular flexibility index (Phi) is 7.36. The molecule has 0 radical (unpaired) electrons. The van der Waals surface area contributed by atoms with Crippen LogP contribution in [0.1, 0.15) is 0 Å². The maximum absolute atomic E-state index is 2.29. The normalized spacial score (nSPS) is 10.8. The fourth-order valence-corrected chi connectivity index (χ4v) is 5.60. The molecule has 0 unspecified atom stereocenters. The molecule has 0 bridgehead atoms. The van der Waals surface area contributed by atoms with Crippen molar-refractivity contribution in [1.29, 1.82) is 0 Å². The van der Waals surface area contributed by atoms with Gasteiger partial charge in [0.25, 0.3) is 0 Å². The first-order valence-electron chi connectivity index (χ1n) is 14.7. The predicted octanol–water partition coefficient (Wildman–Crippen LogP) is 11.8. The van der Waals surface area contributed by atoms with Gasteiger partial charge in [0.15, 0.2) is 0 Å². The van der Waals surface area contributed by atoms with E-state index in [1.165, 1.54) is 44.5 Å². The number of hydrogen-bond acceptors (Lipinski definition) is 1. The van der Waals surface area contributed by atoms with Gasteiger partial charge in [-0.25, -0.2) is 0 Å². The van der Waals surface area contributed by atoms with Gasteiger partial charge in [-0.15, -0.1) is 0 Å². The van der Waals surface area contributed by atoms with E-state index in [4.69, 9.17) is 0 Å². The first kappa shape index (κ1) is 26.3. The highest BCUT2D eigenvalue weighted by Gasteiger charge is 2.12. The molecule has 0 aliphatic carbocycles. The SMILES string of the molecule is c1ccc(-c2ccc(-c3ccc(-c4ccc(-c5ccc(N(c6ccccc6)c6ccccc6)cc5)cc4)cc3)cc2)cc1. The highest BCUT2D eigenvalue weighted by molar-refractivity contribution is 5.79. The Morgan fingerprint density at radius 3 is 0.698 bits per heavy atom. The number of hydrogen-bond donors (Lipinski definition) is 0. The molecular weight excluding hydrogens is 518 g/mol. The Morgan fingerprint density at radius 1 is 0.186 bits per heavy atom.